The first-order valence-electron chi connectivity index (χ1n) is 3.57. The molecule has 0 radical (unpaired) electrons. The van der Waals surface area contributed by atoms with Gasteiger partial charge in [0.15, 0.2) is 0 Å². The summed E-state index contributed by atoms with van der Waals surface area (Å²) in [6, 6.07) is -0.697. The highest BCUT2D eigenvalue weighted by molar-refractivity contribution is 5.89. The van der Waals surface area contributed by atoms with Crippen molar-refractivity contribution >= 4 is 11.9 Å². The molecule has 0 bridgehead atoms. The smallest absolute Gasteiger partial charge is 0.326 e. The molecule has 1 aliphatic rings. The minimum atomic E-state index is -0.949. The number of hydrogen-bond donors (Lipinski definition) is 2. The largest absolute Gasteiger partial charge is 0.480 e. The Morgan fingerprint density at radius 3 is 2.27 bits per heavy atom. The second kappa shape index (κ2) is 2.53. The molecule has 1 rings (SSSR count). The van der Waals surface area contributed by atoms with Gasteiger partial charge in [-0.25, -0.2) is 4.79 Å². The number of rotatable bonds is 1. The van der Waals surface area contributed by atoms with E-state index in [0.29, 0.717) is 0 Å². The molecule has 1 fully saturated rings. The van der Waals surface area contributed by atoms with Crippen LogP contribution in [0.5, 0.6) is 0 Å². The van der Waals surface area contributed by atoms with Gasteiger partial charge < -0.3 is 10.4 Å². The van der Waals surface area contributed by atoms with Crippen LogP contribution in [0.25, 0.3) is 0 Å². The van der Waals surface area contributed by atoms with E-state index in [1.807, 2.05) is 0 Å². The van der Waals surface area contributed by atoms with Crippen LogP contribution in [-0.4, -0.2) is 23.0 Å². The van der Waals surface area contributed by atoms with E-state index in [4.69, 9.17) is 5.11 Å². The highest BCUT2D eigenvalue weighted by atomic mass is 16.4. The summed E-state index contributed by atoms with van der Waals surface area (Å²) in [6.45, 7) is 3.50. The Kier molecular flexibility index (Phi) is 1.85. The number of carbonyl (C=O) groups excluding carboxylic acids is 1. The summed E-state index contributed by atoms with van der Waals surface area (Å²) in [6.07, 6.45) is 0. The monoisotopic (exact) mass is 157 g/mol. The number of nitrogens with one attached hydrogen (secondary N) is 1. The van der Waals surface area contributed by atoms with Crippen molar-refractivity contribution in [3.05, 3.63) is 0 Å². The lowest BCUT2D eigenvalue weighted by atomic mass is 9.94. The average molecular weight is 157 g/mol. The van der Waals surface area contributed by atoms with Gasteiger partial charge in [-0.2, -0.15) is 0 Å². The number of aliphatic carboxylic acids is 1. The van der Waals surface area contributed by atoms with Crippen LogP contribution in [0.1, 0.15) is 13.8 Å². The first kappa shape index (κ1) is 8.04. The summed E-state index contributed by atoms with van der Waals surface area (Å²) in [4.78, 5) is 21.4. The molecular weight excluding hydrogens is 146 g/mol. The molecular formula is C7H11NO3. The third-order valence-corrected chi connectivity index (χ3v) is 2.29. The van der Waals surface area contributed by atoms with Gasteiger partial charge in [0.1, 0.15) is 6.04 Å². The predicted octanol–water partition coefficient (Wildman–Crippen LogP) is -0.158. The standard InChI is InChI=1S/C7H11NO3/c1-3-4(2)6(9)8-5(3)7(10)11/h3-5H,1-2H3,(H,8,9)(H,10,11)/t3-,4-,5+/m1/s1. The third kappa shape index (κ3) is 1.20. The number of carboxylic acids is 1. The highest BCUT2D eigenvalue weighted by Gasteiger charge is 2.40. The number of carboxylic acid groups (broad SMARTS) is 1. The van der Waals surface area contributed by atoms with Crippen molar-refractivity contribution in [1.29, 1.82) is 0 Å². The van der Waals surface area contributed by atoms with Gasteiger partial charge in [0, 0.05) is 5.92 Å². The van der Waals surface area contributed by atoms with Crippen LogP contribution in [-0.2, 0) is 9.59 Å². The molecule has 11 heavy (non-hydrogen) atoms. The molecule has 4 heteroatoms. The second-order valence-electron chi connectivity index (χ2n) is 2.97. The van der Waals surface area contributed by atoms with Crippen molar-refractivity contribution in [3.63, 3.8) is 0 Å². The van der Waals surface area contributed by atoms with E-state index in [0.717, 1.165) is 0 Å². The van der Waals surface area contributed by atoms with Crippen molar-refractivity contribution in [2.45, 2.75) is 19.9 Å². The lowest BCUT2D eigenvalue weighted by molar-refractivity contribution is -0.140. The van der Waals surface area contributed by atoms with Crippen LogP contribution in [0.15, 0.2) is 0 Å². The molecule has 2 N–H and O–H groups in total. The molecule has 4 nitrogen and oxygen atoms in total. The van der Waals surface area contributed by atoms with Crippen LogP contribution in [0.4, 0.5) is 0 Å². The fraction of sp³-hybridized carbons (Fsp3) is 0.714. The van der Waals surface area contributed by atoms with Crippen LogP contribution >= 0.6 is 0 Å². The minimum Gasteiger partial charge on any atom is -0.480 e. The Bertz CT molecular complexity index is 202. The molecule has 1 heterocycles. The van der Waals surface area contributed by atoms with Gasteiger partial charge in [0.25, 0.3) is 0 Å². The molecule has 0 aromatic heterocycles. The molecule has 62 valence electrons. The summed E-state index contributed by atoms with van der Waals surface area (Å²) in [5, 5.41) is 11.0. The molecule has 3 atom stereocenters. The summed E-state index contributed by atoms with van der Waals surface area (Å²) in [5.41, 5.74) is 0. The quantitative estimate of drug-likeness (QED) is 0.556. The summed E-state index contributed by atoms with van der Waals surface area (Å²) in [7, 11) is 0. The molecule has 1 aliphatic heterocycles. The van der Waals surface area contributed by atoms with E-state index >= 15 is 0 Å². The van der Waals surface area contributed by atoms with Gasteiger partial charge in [0.2, 0.25) is 5.91 Å². The maximum atomic E-state index is 10.9. The molecule has 0 aliphatic carbocycles. The van der Waals surface area contributed by atoms with Crippen molar-refractivity contribution < 1.29 is 14.7 Å². The maximum absolute atomic E-state index is 10.9. The van der Waals surface area contributed by atoms with Gasteiger partial charge in [-0.05, 0) is 5.92 Å². The molecule has 1 amide bonds. The Hall–Kier alpha value is -1.06. The van der Waals surface area contributed by atoms with Crippen LogP contribution in [0.2, 0.25) is 0 Å². The Morgan fingerprint density at radius 2 is 2.09 bits per heavy atom. The fourth-order valence-electron chi connectivity index (χ4n) is 1.23. The zero-order chi connectivity index (χ0) is 8.59. The average Bonchev–Trinajstić information content (AvgIpc) is 2.17. The Balaban J connectivity index is 2.74. The normalized spacial score (nSPS) is 36.9. The van der Waals surface area contributed by atoms with Gasteiger partial charge in [-0.1, -0.05) is 13.8 Å². The first-order chi connectivity index (χ1) is 5.04. The summed E-state index contributed by atoms with van der Waals surface area (Å²) in [5.74, 6) is -1.41. The van der Waals surface area contributed by atoms with E-state index in [-0.39, 0.29) is 17.7 Å². The zero-order valence-corrected chi connectivity index (χ0v) is 6.50. The minimum absolute atomic E-state index is 0.111. The lowest BCUT2D eigenvalue weighted by Gasteiger charge is -2.10. The van der Waals surface area contributed by atoms with Crippen LogP contribution in [0.3, 0.4) is 0 Å². The SMILES string of the molecule is C[C@H]1[C@@H](C(=O)O)NC(=O)[C@@H]1C. The van der Waals surface area contributed by atoms with E-state index in [2.05, 4.69) is 5.32 Å². The van der Waals surface area contributed by atoms with Crippen LogP contribution < -0.4 is 5.32 Å². The van der Waals surface area contributed by atoms with Crippen molar-refractivity contribution in [2.24, 2.45) is 11.8 Å². The van der Waals surface area contributed by atoms with E-state index in [9.17, 15) is 9.59 Å². The highest BCUT2D eigenvalue weighted by Crippen LogP contribution is 2.22. The van der Waals surface area contributed by atoms with Gasteiger partial charge >= 0.3 is 5.97 Å². The third-order valence-electron chi connectivity index (χ3n) is 2.29. The molecule has 0 unspecified atom stereocenters. The zero-order valence-electron chi connectivity index (χ0n) is 6.50. The molecule has 0 saturated carbocycles. The van der Waals surface area contributed by atoms with E-state index in [1.54, 1.807) is 13.8 Å². The van der Waals surface area contributed by atoms with Crippen molar-refractivity contribution in [3.8, 4) is 0 Å². The second-order valence-corrected chi connectivity index (χ2v) is 2.97. The molecule has 0 spiro atoms. The van der Waals surface area contributed by atoms with Crippen molar-refractivity contribution in [1.82, 2.24) is 5.32 Å². The van der Waals surface area contributed by atoms with Gasteiger partial charge in [-0.3, -0.25) is 4.79 Å². The van der Waals surface area contributed by atoms with E-state index in [1.165, 1.54) is 0 Å². The number of hydrogen-bond acceptors (Lipinski definition) is 2. The Morgan fingerprint density at radius 1 is 1.55 bits per heavy atom. The molecule has 0 aromatic carbocycles. The summed E-state index contributed by atoms with van der Waals surface area (Å²) < 4.78 is 0. The van der Waals surface area contributed by atoms with Crippen LogP contribution in [0, 0.1) is 11.8 Å². The van der Waals surface area contributed by atoms with E-state index < -0.39 is 12.0 Å². The van der Waals surface area contributed by atoms with Crippen molar-refractivity contribution in [2.75, 3.05) is 0 Å². The number of carbonyl (C=O) groups is 2. The topological polar surface area (TPSA) is 66.4 Å². The number of amides is 1. The van der Waals surface area contributed by atoms with Gasteiger partial charge in [-0.15, -0.1) is 0 Å². The maximum Gasteiger partial charge on any atom is 0.326 e. The Labute approximate surface area is 64.6 Å². The lowest BCUT2D eigenvalue weighted by Crippen LogP contribution is -2.35. The van der Waals surface area contributed by atoms with Gasteiger partial charge in [0.05, 0.1) is 0 Å². The summed E-state index contributed by atoms with van der Waals surface area (Å²) >= 11 is 0. The first-order valence-corrected chi connectivity index (χ1v) is 3.57. The molecule has 0 aromatic rings. The molecule has 1 saturated heterocycles. The fourth-order valence-corrected chi connectivity index (χ4v) is 1.23. The predicted molar refractivity (Wildman–Crippen MR) is 37.9 cm³/mol.